The van der Waals surface area contributed by atoms with Gasteiger partial charge in [0.1, 0.15) is 17.3 Å². The Bertz CT molecular complexity index is 789. The van der Waals surface area contributed by atoms with E-state index in [1.807, 2.05) is 11.0 Å². The summed E-state index contributed by atoms with van der Waals surface area (Å²) in [5, 5.41) is 2.80. The van der Waals surface area contributed by atoms with E-state index in [9.17, 15) is 9.18 Å². The number of ether oxygens (including phenoxy) is 2. The van der Waals surface area contributed by atoms with Crippen LogP contribution in [0.5, 0.6) is 11.5 Å². The highest BCUT2D eigenvalue weighted by atomic mass is 19.1. The topological polar surface area (TPSA) is 50.8 Å². The molecule has 1 saturated heterocycles. The van der Waals surface area contributed by atoms with Gasteiger partial charge in [-0.2, -0.15) is 0 Å². The highest BCUT2D eigenvalue weighted by Gasteiger charge is 2.17. The van der Waals surface area contributed by atoms with Crippen molar-refractivity contribution in [1.82, 2.24) is 5.32 Å². The van der Waals surface area contributed by atoms with Gasteiger partial charge >= 0.3 is 0 Å². The van der Waals surface area contributed by atoms with Gasteiger partial charge in [-0.1, -0.05) is 0 Å². The number of amides is 1. The number of methoxy groups -OCH3 is 2. The maximum absolute atomic E-state index is 14.4. The van der Waals surface area contributed by atoms with Crippen LogP contribution >= 0.6 is 0 Å². The van der Waals surface area contributed by atoms with Crippen LogP contribution in [-0.4, -0.2) is 33.2 Å². The van der Waals surface area contributed by atoms with Gasteiger partial charge in [0.05, 0.1) is 19.9 Å². The third-order valence-corrected chi connectivity index (χ3v) is 4.59. The predicted octanol–water partition coefficient (Wildman–Crippen LogP) is 3.37. The van der Waals surface area contributed by atoms with Gasteiger partial charge in [0, 0.05) is 36.8 Å². The van der Waals surface area contributed by atoms with Crippen molar-refractivity contribution in [2.24, 2.45) is 0 Å². The maximum atomic E-state index is 14.4. The highest BCUT2D eigenvalue weighted by molar-refractivity contribution is 5.94. The molecule has 0 saturated carbocycles. The van der Waals surface area contributed by atoms with Crippen molar-refractivity contribution in [1.29, 1.82) is 0 Å². The zero-order valence-corrected chi connectivity index (χ0v) is 15.0. The minimum absolute atomic E-state index is 0.279. The van der Waals surface area contributed by atoms with Crippen LogP contribution in [0.25, 0.3) is 0 Å². The molecule has 26 heavy (non-hydrogen) atoms. The molecule has 6 heteroatoms. The molecule has 0 unspecified atom stereocenters. The zero-order chi connectivity index (χ0) is 18.5. The number of rotatable bonds is 6. The minimum atomic E-state index is -0.360. The van der Waals surface area contributed by atoms with Gasteiger partial charge in [0.2, 0.25) is 0 Å². The number of nitrogens with zero attached hydrogens (tertiary/aromatic N) is 1. The van der Waals surface area contributed by atoms with Crippen molar-refractivity contribution >= 4 is 11.6 Å². The third-order valence-electron chi connectivity index (χ3n) is 4.59. The second-order valence-electron chi connectivity index (χ2n) is 6.22. The van der Waals surface area contributed by atoms with Crippen LogP contribution in [0.15, 0.2) is 36.4 Å². The molecule has 1 aliphatic rings. The van der Waals surface area contributed by atoms with Crippen LogP contribution in [0.4, 0.5) is 10.1 Å². The van der Waals surface area contributed by atoms with Crippen molar-refractivity contribution in [3.63, 3.8) is 0 Å². The Morgan fingerprint density at radius 3 is 2.54 bits per heavy atom. The fraction of sp³-hybridized carbons (Fsp3) is 0.350. The number of anilines is 1. The van der Waals surface area contributed by atoms with Crippen molar-refractivity contribution in [3.8, 4) is 11.5 Å². The molecule has 138 valence electrons. The fourth-order valence-electron chi connectivity index (χ4n) is 3.14. The Balaban J connectivity index is 1.67. The van der Waals surface area contributed by atoms with Gasteiger partial charge in [0.25, 0.3) is 5.91 Å². The third kappa shape index (κ3) is 3.90. The number of halogens is 1. The van der Waals surface area contributed by atoms with Gasteiger partial charge in [-0.05, 0) is 43.2 Å². The molecule has 0 atom stereocenters. The first-order valence-corrected chi connectivity index (χ1v) is 8.66. The first kappa shape index (κ1) is 18.0. The van der Waals surface area contributed by atoms with Gasteiger partial charge < -0.3 is 19.7 Å². The molecule has 1 aliphatic heterocycles. The van der Waals surface area contributed by atoms with Crippen molar-refractivity contribution in [2.75, 3.05) is 32.2 Å². The van der Waals surface area contributed by atoms with Crippen LogP contribution in [0, 0.1) is 5.82 Å². The molecule has 1 fully saturated rings. The number of benzene rings is 2. The predicted molar refractivity (Wildman–Crippen MR) is 98.6 cm³/mol. The van der Waals surface area contributed by atoms with Gasteiger partial charge in [-0.25, -0.2) is 4.39 Å². The molecule has 0 aliphatic carbocycles. The summed E-state index contributed by atoms with van der Waals surface area (Å²) in [6, 6.07) is 10.0. The van der Waals surface area contributed by atoms with E-state index in [1.165, 1.54) is 6.07 Å². The summed E-state index contributed by atoms with van der Waals surface area (Å²) in [4.78, 5) is 14.4. The van der Waals surface area contributed by atoms with E-state index in [0.29, 0.717) is 22.7 Å². The number of hydrogen-bond acceptors (Lipinski definition) is 4. The van der Waals surface area contributed by atoms with E-state index in [4.69, 9.17) is 9.47 Å². The largest absolute Gasteiger partial charge is 0.497 e. The lowest BCUT2D eigenvalue weighted by atomic mass is 10.1. The summed E-state index contributed by atoms with van der Waals surface area (Å²) in [7, 11) is 3.14. The number of nitrogens with one attached hydrogen (secondary N) is 1. The summed E-state index contributed by atoms with van der Waals surface area (Å²) in [5.74, 6) is 0.619. The summed E-state index contributed by atoms with van der Waals surface area (Å²) >= 11 is 0. The number of carbonyl (C=O) groups is 1. The molecular formula is C20H23FN2O3. The molecular weight excluding hydrogens is 335 g/mol. The monoisotopic (exact) mass is 358 g/mol. The smallest absolute Gasteiger partial charge is 0.251 e. The molecule has 2 aromatic carbocycles. The molecule has 0 spiro atoms. The fourth-order valence-corrected chi connectivity index (χ4v) is 3.14. The molecule has 5 nitrogen and oxygen atoms in total. The molecule has 0 radical (unpaired) electrons. The van der Waals surface area contributed by atoms with Crippen molar-refractivity contribution in [3.05, 3.63) is 53.3 Å². The van der Waals surface area contributed by atoms with E-state index in [2.05, 4.69) is 5.32 Å². The Kier molecular flexibility index (Phi) is 5.61. The number of hydrogen-bond donors (Lipinski definition) is 1. The van der Waals surface area contributed by atoms with Gasteiger partial charge in [0.15, 0.2) is 0 Å². The van der Waals surface area contributed by atoms with Crippen LogP contribution in [0.1, 0.15) is 28.8 Å². The van der Waals surface area contributed by atoms with Gasteiger partial charge in [-0.3, -0.25) is 4.79 Å². The van der Waals surface area contributed by atoms with E-state index in [0.717, 1.165) is 31.5 Å². The number of carbonyl (C=O) groups excluding carboxylic acids is 1. The van der Waals surface area contributed by atoms with E-state index in [1.54, 1.807) is 38.5 Å². The van der Waals surface area contributed by atoms with E-state index < -0.39 is 0 Å². The van der Waals surface area contributed by atoms with Crippen molar-refractivity contribution < 1.29 is 18.7 Å². The maximum Gasteiger partial charge on any atom is 0.251 e. The first-order chi connectivity index (χ1) is 12.6. The SMILES string of the molecule is COc1ccc(CNC(=O)c2ccc(N3CCCC3)c(F)c2)c(OC)c1. The standard InChI is InChI=1S/C20H23FN2O3/c1-25-16-7-5-15(19(12-16)26-2)13-22-20(24)14-6-8-18(17(21)11-14)23-9-3-4-10-23/h5-8,11-12H,3-4,9-10,13H2,1-2H3,(H,22,24). The lowest BCUT2D eigenvalue weighted by Crippen LogP contribution is -2.24. The summed E-state index contributed by atoms with van der Waals surface area (Å²) in [5.41, 5.74) is 1.68. The Morgan fingerprint density at radius 1 is 1.12 bits per heavy atom. The quantitative estimate of drug-likeness (QED) is 0.860. The molecule has 1 amide bonds. The molecule has 1 heterocycles. The van der Waals surface area contributed by atoms with E-state index in [-0.39, 0.29) is 18.3 Å². The Hall–Kier alpha value is -2.76. The second-order valence-corrected chi connectivity index (χ2v) is 6.22. The lowest BCUT2D eigenvalue weighted by molar-refractivity contribution is 0.0950. The summed E-state index contributed by atoms with van der Waals surface area (Å²) in [6.45, 7) is 2.00. The average molecular weight is 358 g/mol. The van der Waals surface area contributed by atoms with Crippen LogP contribution in [0.2, 0.25) is 0 Å². The summed E-state index contributed by atoms with van der Waals surface area (Å²) < 4.78 is 24.9. The average Bonchev–Trinajstić information content (AvgIpc) is 3.20. The van der Waals surface area contributed by atoms with E-state index >= 15 is 0 Å². The Morgan fingerprint density at radius 2 is 1.88 bits per heavy atom. The molecule has 0 aromatic heterocycles. The zero-order valence-electron chi connectivity index (χ0n) is 15.0. The molecule has 2 aromatic rings. The second kappa shape index (κ2) is 8.08. The van der Waals surface area contributed by atoms with Crippen molar-refractivity contribution in [2.45, 2.75) is 19.4 Å². The first-order valence-electron chi connectivity index (χ1n) is 8.66. The van der Waals surface area contributed by atoms with Crippen LogP contribution < -0.4 is 19.7 Å². The van der Waals surface area contributed by atoms with Crippen LogP contribution in [-0.2, 0) is 6.54 Å². The summed E-state index contributed by atoms with van der Waals surface area (Å²) in [6.07, 6.45) is 2.15. The molecule has 0 bridgehead atoms. The minimum Gasteiger partial charge on any atom is -0.497 e. The Labute approximate surface area is 152 Å². The normalized spacial score (nSPS) is 13.6. The molecule has 3 rings (SSSR count). The highest BCUT2D eigenvalue weighted by Crippen LogP contribution is 2.26. The van der Waals surface area contributed by atoms with Crippen LogP contribution in [0.3, 0.4) is 0 Å². The lowest BCUT2D eigenvalue weighted by Gasteiger charge is -2.18. The molecule has 1 N–H and O–H groups in total. The van der Waals surface area contributed by atoms with Gasteiger partial charge in [-0.15, -0.1) is 0 Å².